The number of piperidine rings is 1. The van der Waals surface area contributed by atoms with Gasteiger partial charge < -0.3 is 10.0 Å². The Morgan fingerprint density at radius 2 is 1.48 bits per heavy atom. The van der Waals surface area contributed by atoms with E-state index in [0.717, 1.165) is 13.0 Å². The lowest BCUT2D eigenvalue weighted by Gasteiger charge is -2.28. The Balaban J connectivity index is 1.62. The summed E-state index contributed by atoms with van der Waals surface area (Å²) in [5.74, 6) is 0.252. The fourth-order valence-electron chi connectivity index (χ4n) is 3.46. The van der Waals surface area contributed by atoms with Crippen LogP contribution in [0.3, 0.4) is 0 Å². The average molecular weight is 309 g/mol. The van der Waals surface area contributed by atoms with Gasteiger partial charge in [-0.3, -0.25) is 0 Å². The summed E-state index contributed by atoms with van der Waals surface area (Å²) in [4.78, 5) is 2.55. The molecule has 0 amide bonds. The molecule has 0 radical (unpaired) electrons. The summed E-state index contributed by atoms with van der Waals surface area (Å²) in [6.45, 7) is 3.79. The smallest absolute Gasteiger partial charge is 0.0500 e. The second kappa shape index (κ2) is 8.28. The summed E-state index contributed by atoms with van der Waals surface area (Å²) >= 11 is 0. The summed E-state index contributed by atoms with van der Waals surface area (Å²) < 4.78 is 0. The van der Waals surface area contributed by atoms with Gasteiger partial charge in [-0.05, 0) is 55.6 Å². The van der Waals surface area contributed by atoms with Crippen LogP contribution in [-0.2, 0) is 0 Å². The van der Waals surface area contributed by atoms with Crippen molar-refractivity contribution < 1.29 is 5.11 Å². The molecule has 122 valence electrons. The number of aliphatic hydroxyl groups excluding tert-OH is 1. The third kappa shape index (κ3) is 4.43. The van der Waals surface area contributed by atoms with Crippen molar-refractivity contribution in [1.29, 1.82) is 0 Å². The second-order valence-electron chi connectivity index (χ2n) is 6.56. The van der Waals surface area contributed by atoms with Crippen molar-refractivity contribution in [2.45, 2.75) is 31.6 Å². The summed E-state index contributed by atoms with van der Waals surface area (Å²) in [7, 11) is 0. The van der Waals surface area contributed by atoms with Crippen LogP contribution in [0.25, 0.3) is 11.1 Å². The van der Waals surface area contributed by atoms with Gasteiger partial charge in [0.25, 0.3) is 0 Å². The van der Waals surface area contributed by atoms with Crippen LogP contribution in [0.2, 0.25) is 0 Å². The Kier molecular flexibility index (Phi) is 5.84. The highest BCUT2D eigenvalue weighted by Crippen LogP contribution is 2.25. The number of aliphatic hydroxyl groups is 1. The molecule has 2 aromatic carbocycles. The van der Waals surface area contributed by atoms with Crippen molar-refractivity contribution in [3.63, 3.8) is 0 Å². The Morgan fingerprint density at radius 3 is 2.13 bits per heavy atom. The SMILES string of the molecule is OC[C@@H](CCN1CCCCC1)c1ccc(-c2ccccc2)cc1. The Hall–Kier alpha value is -1.64. The second-order valence-corrected chi connectivity index (χ2v) is 6.56. The molecule has 2 nitrogen and oxygen atoms in total. The van der Waals surface area contributed by atoms with Crippen LogP contribution in [0, 0.1) is 0 Å². The van der Waals surface area contributed by atoms with E-state index in [1.54, 1.807) is 0 Å². The quantitative estimate of drug-likeness (QED) is 0.859. The van der Waals surface area contributed by atoms with Crippen molar-refractivity contribution >= 4 is 0 Å². The zero-order chi connectivity index (χ0) is 15.9. The van der Waals surface area contributed by atoms with Gasteiger partial charge in [0.1, 0.15) is 0 Å². The van der Waals surface area contributed by atoms with Crippen molar-refractivity contribution in [1.82, 2.24) is 4.90 Å². The Morgan fingerprint density at radius 1 is 0.826 bits per heavy atom. The summed E-state index contributed by atoms with van der Waals surface area (Å²) in [5, 5.41) is 9.78. The lowest BCUT2D eigenvalue weighted by atomic mass is 9.94. The molecular weight excluding hydrogens is 282 g/mol. The number of nitrogens with zero attached hydrogens (tertiary/aromatic N) is 1. The minimum atomic E-state index is 0.235. The van der Waals surface area contributed by atoms with E-state index in [1.165, 1.54) is 49.0 Å². The molecule has 0 bridgehead atoms. The third-order valence-electron chi connectivity index (χ3n) is 4.95. The first kappa shape index (κ1) is 16.2. The Labute approximate surface area is 139 Å². The molecule has 0 saturated carbocycles. The number of hydrogen-bond acceptors (Lipinski definition) is 2. The standard InChI is InChI=1S/C21H27NO/c23-17-21(13-16-22-14-5-2-6-15-22)20-11-9-19(10-12-20)18-7-3-1-4-8-18/h1,3-4,7-12,21,23H,2,5-6,13-17H2/t21-/m1/s1. The normalized spacial score (nSPS) is 17.1. The number of rotatable bonds is 6. The van der Waals surface area contributed by atoms with E-state index in [2.05, 4.69) is 53.4 Å². The lowest BCUT2D eigenvalue weighted by Crippen LogP contribution is -2.31. The minimum Gasteiger partial charge on any atom is -0.396 e. The molecule has 1 aliphatic heterocycles. The van der Waals surface area contributed by atoms with Crippen molar-refractivity contribution in [2.24, 2.45) is 0 Å². The van der Waals surface area contributed by atoms with Crippen LogP contribution < -0.4 is 0 Å². The van der Waals surface area contributed by atoms with E-state index < -0.39 is 0 Å². The average Bonchev–Trinajstić information content (AvgIpc) is 2.64. The van der Waals surface area contributed by atoms with Crippen LogP contribution in [0.15, 0.2) is 54.6 Å². The highest BCUT2D eigenvalue weighted by molar-refractivity contribution is 5.63. The van der Waals surface area contributed by atoms with Crippen LogP contribution in [0.5, 0.6) is 0 Å². The summed E-state index contributed by atoms with van der Waals surface area (Å²) in [6, 6.07) is 19.2. The lowest BCUT2D eigenvalue weighted by molar-refractivity contribution is 0.200. The van der Waals surface area contributed by atoms with Crippen LogP contribution in [-0.4, -0.2) is 36.2 Å². The van der Waals surface area contributed by atoms with Gasteiger partial charge in [0.05, 0.1) is 0 Å². The molecule has 1 saturated heterocycles. The maximum absolute atomic E-state index is 9.78. The molecule has 23 heavy (non-hydrogen) atoms. The van der Waals surface area contributed by atoms with Gasteiger partial charge in [-0.1, -0.05) is 61.0 Å². The van der Waals surface area contributed by atoms with Gasteiger partial charge in [0.2, 0.25) is 0 Å². The molecule has 1 N–H and O–H groups in total. The van der Waals surface area contributed by atoms with E-state index in [-0.39, 0.29) is 12.5 Å². The Bertz CT molecular complexity index is 573. The zero-order valence-electron chi connectivity index (χ0n) is 13.8. The molecule has 0 aromatic heterocycles. The fraction of sp³-hybridized carbons (Fsp3) is 0.429. The molecule has 0 spiro atoms. The number of hydrogen-bond donors (Lipinski definition) is 1. The van der Waals surface area contributed by atoms with Gasteiger partial charge in [-0.25, -0.2) is 0 Å². The van der Waals surface area contributed by atoms with Gasteiger partial charge >= 0.3 is 0 Å². The molecule has 0 unspecified atom stereocenters. The summed E-state index contributed by atoms with van der Waals surface area (Å²) in [5.41, 5.74) is 3.74. The number of benzene rings is 2. The first-order valence-electron chi connectivity index (χ1n) is 8.85. The molecule has 2 heteroatoms. The van der Waals surface area contributed by atoms with E-state index in [0.29, 0.717) is 0 Å². The van der Waals surface area contributed by atoms with Gasteiger partial charge in [0.15, 0.2) is 0 Å². The molecule has 2 aromatic rings. The fourth-order valence-corrected chi connectivity index (χ4v) is 3.46. The highest BCUT2D eigenvalue weighted by atomic mass is 16.3. The molecule has 1 heterocycles. The molecule has 1 fully saturated rings. The first-order chi connectivity index (χ1) is 11.4. The highest BCUT2D eigenvalue weighted by Gasteiger charge is 2.15. The van der Waals surface area contributed by atoms with Crippen molar-refractivity contribution in [3.05, 3.63) is 60.2 Å². The minimum absolute atomic E-state index is 0.235. The molecular formula is C21H27NO. The maximum atomic E-state index is 9.78. The predicted molar refractivity (Wildman–Crippen MR) is 96.6 cm³/mol. The monoisotopic (exact) mass is 309 g/mol. The summed E-state index contributed by atoms with van der Waals surface area (Å²) in [6.07, 6.45) is 5.08. The zero-order valence-corrected chi connectivity index (χ0v) is 13.8. The van der Waals surface area contributed by atoms with E-state index in [1.807, 2.05) is 6.07 Å². The number of likely N-dealkylation sites (tertiary alicyclic amines) is 1. The largest absolute Gasteiger partial charge is 0.396 e. The van der Waals surface area contributed by atoms with E-state index in [9.17, 15) is 5.11 Å². The van der Waals surface area contributed by atoms with Crippen molar-refractivity contribution in [3.8, 4) is 11.1 Å². The molecule has 1 atom stereocenters. The molecule has 3 rings (SSSR count). The molecule has 1 aliphatic rings. The van der Waals surface area contributed by atoms with Crippen LogP contribution >= 0.6 is 0 Å². The van der Waals surface area contributed by atoms with Gasteiger partial charge in [0, 0.05) is 12.5 Å². The third-order valence-corrected chi connectivity index (χ3v) is 4.95. The van der Waals surface area contributed by atoms with Gasteiger partial charge in [-0.15, -0.1) is 0 Å². The first-order valence-corrected chi connectivity index (χ1v) is 8.85. The molecule has 0 aliphatic carbocycles. The van der Waals surface area contributed by atoms with Crippen LogP contribution in [0.1, 0.15) is 37.2 Å². The van der Waals surface area contributed by atoms with Gasteiger partial charge in [-0.2, -0.15) is 0 Å². The van der Waals surface area contributed by atoms with E-state index >= 15 is 0 Å². The van der Waals surface area contributed by atoms with E-state index in [4.69, 9.17) is 0 Å². The van der Waals surface area contributed by atoms with Crippen molar-refractivity contribution in [2.75, 3.05) is 26.2 Å². The predicted octanol–water partition coefficient (Wildman–Crippen LogP) is 4.31. The maximum Gasteiger partial charge on any atom is 0.0500 e. The van der Waals surface area contributed by atoms with Crippen LogP contribution in [0.4, 0.5) is 0 Å². The topological polar surface area (TPSA) is 23.5 Å².